The lowest BCUT2D eigenvalue weighted by atomic mass is 9.64. The average Bonchev–Trinajstić information content (AvgIpc) is 2.16. The smallest absolute Gasteiger partial charge is 0.123 e. The summed E-state index contributed by atoms with van der Waals surface area (Å²) >= 11 is 6.16. The number of hydrogen-bond donors (Lipinski definition) is 2. The second-order valence-corrected chi connectivity index (χ2v) is 4.83. The zero-order valence-corrected chi connectivity index (χ0v) is 9.64. The molecule has 0 atom stereocenters. The van der Waals surface area contributed by atoms with Gasteiger partial charge in [-0.1, -0.05) is 24.1 Å². The van der Waals surface area contributed by atoms with Crippen molar-refractivity contribution in [2.45, 2.75) is 31.6 Å². The van der Waals surface area contributed by atoms with Gasteiger partial charge in [0.25, 0.3) is 0 Å². The highest BCUT2D eigenvalue weighted by Gasteiger charge is 2.41. The van der Waals surface area contributed by atoms with Crippen molar-refractivity contribution in [1.82, 2.24) is 0 Å². The van der Waals surface area contributed by atoms with Crippen molar-refractivity contribution >= 4 is 11.6 Å². The van der Waals surface area contributed by atoms with Gasteiger partial charge in [0.05, 0.1) is 0 Å². The number of phenolic OH excluding ortho intramolecular Hbond substituents is 1. The molecule has 2 rings (SSSR count). The van der Waals surface area contributed by atoms with Crippen LogP contribution >= 0.6 is 11.6 Å². The second-order valence-electron chi connectivity index (χ2n) is 4.43. The van der Waals surface area contributed by atoms with Crippen molar-refractivity contribution < 1.29 is 5.11 Å². The van der Waals surface area contributed by atoms with E-state index in [-0.39, 0.29) is 5.41 Å². The summed E-state index contributed by atoms with van der Waals surface area (Å²) in [5.41, 5.74) is 7.47. The molecule has 0 amide bonds. The molecule has 0 unspecified atom stereocenters. The fraction of sp³-hybridized carbons (Fsp3) is 0.500. The Morgan fingerprint density at radius 3 is 2.60 bits per heavy atom. The molecule has 1 aliphatic carbocycles. The molecule has 1 fully saturated rings. The van der Waals surface area contributed by atoms with Crippen molar-refractivity contribution in [1.29, 1.82) is 0 Å². The molecule has 15 heavy (non-hydrogen) atoms. The van der Waals surface area contributed by atoms with Crippen LogP contribution in [0.3, 0.4) is 0 Å². The first-order valence-electron chi connectivity index (χ1n) is 5.29. The normalized spacial score (nSPS) is 18.6. The molecule has 0 bridgehead atoms. The summed E-state index contributed by atoms with van der Waals surface area (Å²) in [7, 11) is 0. The molecule has 0 heterocycles. The number of benzene rings is 1. The summed E-state index contributed by atoms with van der Waals surface area (Å²) in [5, 5.41) is 10.7. The Balaban J connectivity index is 2.55. The lowest BCUT2D eigenvalue weighted by Gasteiger charge is -2.42. The highest BCUT2D eigenvalue weighted by molar-refractivity contribution is 6.31. The standard InChI is InChI=1S/C12H16ClNO/c1-8-3-4-9(13)10(11(8)15)12(7-14)5-2-6-12/h3-4,15H,2,5-7,14H2,1H3. The van der Waals surface area contributed by atoms with Crippen molar-refractivity contribution in [3.63, 3.8) is 0 Å². The number of aryl methyl sites for hydroxylation is 1. The third-order valence-electron chi connectivity index (χ3n) is 3.56. The predicted octanol–water partition coefficient (Wildman–Crippen LogP) is 2.73. The summed E-state index contributed by atoms with van der Waals surface area (Å²) < 4.78 is 0. The van der Waals surface area contributed by atoms with Crippen LogP contribution in [0.25, 0.3) is 0 Å². The van der Waals surface area contributed by atoms with Crippen LogP contribution in [0.1, 0.15) is 30.4 Å². The van der Waals surface area contributed by atoms with Gasteiger partial charge in [0, 0.05) is 22.5 Å². The molecular formula is C12H16ClNO. The maximum atomic E-state index is 10.1. The van der Waals surface area contributed by atoms with E-state index in [4.69, 9.17) is 17.3 Å². The van der Waals surface area contributed by atoms with Gasteiger partial charge in [-0.2, -0.15) is 0 Å². The van der Waals surface area contributed by atoms with Crippen LogP contribution in [-0.2, 0) is 5.41 Å². The maximum absolute atomic E-state index is 10.1. The third-order valence-corrected chi connectivity index (χ3v) is 3.88. The molecule has 1 aliphatic rings. The second kappa shape index (κ2) is 3.69. The summed E-state index contributed by atoms with van der Waals surface area (Å²) in [6, 6.07) is 3.69. The predicted molar refractivity (Wildman–Crippen MR) is 62.4 cm³/mol. The summed E-state index contributed by atoms with van der Waals surface area (Å²) in [6.07, 6.45) is 3.22. The molecule has 0 aromatic heterocycles. The highest BCUT2D eigenvalue weighted by atomic mass is 35.5. The van der Waals surface area contributed by atoms with Crippen molar-refractivity contribution in [2.75, 3.05) is 6.54 Å². The van der Waals surface area contributed by atoms with E-state index in [1.165, 1.54) is 6.42 Å². The SMILES string of the molecule is Cc1ccc(Cl)c(C2(CN)CCC2)c1O. The number of phenols is 1. The van der Waals surface area contributed by atoms with Crippen LogP contribution < -0.4 is 5.73 Å². The number of halogens is 1. The van der Waals surface area contributed by atoms with Gasteiger partial charge in [0.15, 0.2) is 0 Å². The van der Waals surface area contributed by atoms with Gasteiger partial charge < -0.3 is 10.8 Å². The Labute approximate surface area is 95.1 Å². The number of nitrogens with two attached hydrogens (primary N) is 1. The van der Waals surface area contributed by atoms with Crippen molar-refractivity contribution in [3.8, 4) is 5.75 Å². The molecule has 2 nitrogen and oxygen atoms in total. The Bertz CT molecular complexity index is 380. The van der Waals surface area contributed by atoms with E-state index in [1.54, 1.807) is 0 Å². The Kier molecular flexibility index (Phi) is 2.65. The number of hydrogen-bond acceptors (Lipinski definition) is 2. The van der Waals surface area contributed by atoms with E-state index >= 15 is 0 Å². The van der Waals surface area contributed by atoms with Gasteiger partial charge in [-0.15, -0.1) is 0 Å². The van der Waals surface area contributed by atoms with Gasteiger partial charge in [0.1, 0.15) is 5.75 Å². The molecule has 1 saturated carbocycles. The molecule has 0 aliphatic heterocycles. The van der Waals surface area contributed by atoms with E-state index in [0.717, 1.165) is 24.0 Å². The number of aromatic hydroxyl groups is 1. The monoisotopic (exact) mass is 225 g/mol. The fourth-order valence-corrected chi connectivity index (χ4v) is 2.69. The summed E-state index contributed by atoms with van der Waals surface area (Å²) in [5.74, 6) is 0.327. The van der Waals surface area contributed by atoms with E-state index in [2.05, 4.69) is 0 Å². The molecule has 0 spiro atoms. The van der Waals surface area contributed by atoms with Crippen LogP contribution in [0.2, 0.25) is 5.02 Å². The average molecular weight is 226 g/mol. The van der Waals surface area contributed by atoms with Gasteiger partial charge >= 0.3 is 0 Å². The van der Waals surface area contributed by atoms with Crippen LogP contribution in [0, 0.1) is 6.92 Å². The summed E-state index contributed by atoms with van der Waals surface area (Å²) in [4.78, 5) is 0. The van der Waals surface area contributed by atoms with Gasteiger partial charge in [-0.05, 0) is 31.4 Å². The van der Waals surface area contributed by atoms with Crippen molar-refractivity contribution in [2.24, 2.45) is 5.73 Å². The molecule has 1 aromatic rings. The van der Waals surface area contributed by atoms with E-state index in [9.17, 15) is 5.11 Å². The van der Waals surface area contributed by atoms with Gasteiger partial charge in [-0.3, -0.25) is 0 Å². The van der Waals surface area contributed by atoms with E-state index in [0.29, 0.717) is 17.3 Å². The first kappa shape index (κ1) is 10.8. The zero-order chi connectivity index (χ0) is 11.1. The quantitative estimate of drug-likeness (QED) is 0.813. The van der Waals surface area contributed by atoms with E-state index < -0.39 is 0 Å². The van der Waals surface area contributed by atoms with Gasteiger partial charge in [-0.25, -0.2) is 0 Å². The minimum Gasteiger partial charge on any atom is -0.507 e. The molecule has 3 heteroatoms. The highest BCUT2D eigenvalue weighted by Crippen LogP contribution is 2.49. The molecule has 0 saturated heterocycles. The molecule has 1 aromatic carbocycles. The summed E-state index contributed by atoms with van der Waals surface area (Å²) in [6.45, 7) is 2.45. The van der Waals surface area contributed by atoms with Crippen LogP contribution in [0.5, 0.6) is 5.75 Å². The largest absolute Gasteiger partial charge is 0.507 e. The Morgan fingerprint density at radius 2 is 2.13 bits per heavy atom. The third kappa shape index (κ3) is 1.52. The fourth-order valence-electron chi connectivity index (χ4n) is 2.33. The van der Waals surface area contributed by atoms with Crippen LogP contribution in [0.4, 0.5) is 0 Å². The van der Waals surface area contributed by atoms with Crippen LogP contribution in [-0.4, -0.2) is 11.7 Å². The van der Waals surface area contributed by atoms with E-state index in [1.807, 2.05) is 19.1 Å². The lowest BCUT2D eigenvalue weighted by Crippen LogP contribution is -2.41. The minimum atomic E-state index is -0.0762. The first-order chi connectivity index (χ1) is 7.10. The van der Waals surface area contributed by atoms with Crippen molar-refractivity contribution in [3.05, 3.63) is 28.3 Å². The maximum Gasteiger partial charge on any atom is 0.123 e. The molecule has 0 radical (unpaired) electrons. The minimum absolute atomic E-state index is 0.0762. The Morgan fingerprint density at radius 1 is 1.47 bits per heavy atom. The molecular weight excluding hydrogens is 210 g/mol. The molecule has 3 N–H and O–H groups in total. The van der Waals surface area contributed by atoms with Crippen LogP contribution in [0.15, 0.2) is 12.1 Å². The lowest BCUT2D eigenvalue weighted by molar-refractivity contribution is 0.245. The first-order valence-corrected chi connectivity index (χ1v) is 5.67. The topological polar surface area (TPSA) is 46.2 Å². The van der Waals surface area contributed by atoms with Gasteiger partial charge in [0.2, 0.25) is 0 Å². The number of rotatable bonds is 2. The zero-order valence-electron chi connectivity index (χ0n) is 8.89. The Hall–Kier alpha value is -0.730. The molecule has 82 valence electrons.